The van der Waals surface area contributed by atoms with Crippen LogP contribution in [0.1, 0.15) is 32.1 Å². The van der Waals surface area contributed by atoms with E-state index in [4.69, 9.17) is 0 Å². The highest BCUT2D eigenvalue weighted by atomic mass is 16.1. The number of nitrogens with zero attached hydrogens (tertiary/aromatic N) is 2. The van der Waals surface area contributed by atoms with Crippen LogP contribution >= 0.6 is 0 Å². The molecule has 15 heavy (non-hydrogen) atoms. The highest BCUT2D eigenvalue weighted by Crippen LogP contribution is 2.24. The van der Waals surface area contributed by atoms with Gasteiger partial charge in [0.2, 0.25) is 5.91 Å². The molecule has 1 N–H and O–H groups in total. The summed E-state index contributed by atoms with van der Waals surface area (Å²) in [5.74, 6) is 0.363. The lowest BCUT2D eigenvalue weighted by molar-refractivity contribution is -0.120. The predicted molar refractivity (Wildman–Crippen MR) is 58.4 cm³/mol. The number of hydrogen-bond donors (Lipinski definition) is 1. The summed E-state index contributed by atoms with van der Waals surface area (Å²) in [5.41, 5.74) is 0.799. The fraction of sp³-hybridized carbons (Fsp3) is 0.636. The minimum Gasteiger partial charge on any atom is -0.323 e. The molecule has 1 aromatic heterocycles. The Bertz CT molecular complexity index is 339. The quantitative estimate of drug-likeness (QED) is 0.805. The molecule has 1 heterocycles. The smallest absolute Gasteiger partial charge is 0.227 e. The van der Waals surface area contributed by atoms with E-state index in [1.165, 1.54) is 19.3 Å². The molecule has 0 radical (unpaired) electrons. The van der Waals surface area contributed by atoms with Crippen molar-refractivity contribution in [3.8, 4) is 0 Å². The van der Waals surface area contributed by atoms with Gasteiger partial charge in [0.05, 0.1) is 11.9 Å². The summed E-state index contributed by atoms with van der Waals surface area (Å²) in [7, 11) is 1.84. The van der Waals surface area contributed by atoms with Crippen LogP contribution in [-0.2, 0) is 11.8 Å². The highest BCUT2D eigenvalue weighted by molar-refractivity contribution is 5.92. The third-order valence-electron chi connectivity index (χ3n) is 2.95. The third kappa shape index (κ3) is 2.58. The Balaban J connectivity index is 1.91. The summed E-state index contributed by atoms with van der Waals surface area (Å²) in [6.45, 7) is 0. The van der Waals surface area contributed by atoms with Gasteiger partial charge in [-0.1, -0.05) is 19.3 Å². The first-order valence-electron chi connectivity index (χ1n) is 5.55. The minimum atomic E-state index is 0.155. The monoisotopic (exact) mass is 207 g/mol. The maximum atomic E-state index is 11.8. The number of rotatable bonds is 2. The first-order valence-corrected chi connectivity index (χ1v) is 5.55. The SMILES string of the molecule is Cn1cc(NC(=O)C2CCCCC2)cn1. The van der Waals surface area contributed by atoms with Crippen LogP contribution in [0.4, 0.5) is 5.69 Å². The van der Waals surface area contributed by atoms with Crippen molar-refractivity contribution in [2.24, 2.45) is 13.0 Å². The van der Waals surface area contributed by atoms with Crippen LogP contribution < -0.4 is 5.32 Å². The number of aryl methyl sites for hydroxylation is 1. The zero-order valence-electron chi connectivity index (χ0n) is 9.07. The van der Waals surface area contributed by atoms with Gasteiger partial charge in [0.15, 0.2) is 0 Å². The number of aromatic nitrogens is 2. The van der Waals surface area contributed by atoms with Crippen molar-refractivity contribution in [3.63, 3.8) is 0 Å². The largest absolute Gasteiger partial charge is 0.323 e. The van der Waals surface area contributed by atoms with Crippen LogP contribution in [0.5, 0.6) is 0 Å². The summed E-state index contributed by atoms with van der Waals surface area (Å²) in [6, 6.07) is 0. The minimum absolute atomic E-state index is 0.155. The Kier molecular flexibility index (Phi) is 3.04. The molecule has 0 spiro atoms. The molecule has 0 aromatic carbocycles. The van der Waals surface area contributed by atoms with Crippen molar-refractivity contribution in [2.75, 3.05) is 5.32 Å². The van der Waals surface area contributed by atoms with Crippen molar-refractivity contribution in [1.29, 1.82) is 0 Å². The summed E-state index contributed by atoms with van der Waals surface area (Å²) in [5, 5.41) is 6.93. The number of nitrogens with one attached hydrogen (secondary N) is 1. The van der Waals surface area contributed by atoms with Crippen molar-refractivity contribution < 1.29 is 4.79 Å². The highest BCUT2D eigenvalue weighted by Gasteiger charge is 2.21. The van der Waals surface area contributed by atoms with E-state index in [2.05, 4.69) is 10.4 Å². The second-order valence-corrected chi connectivity index (χ2v) is 4.23. The molecule has 1 saturated carbocycles. The van der Waals surface area contributed by atoms with Gasteiger partial charge in [0.25, 0.3) is 0 Å². The van der Waals surface area contributed by atoms with Gasteiger partial charge < -0.3 is 5.32 Å². The van der Waals surface area contributed by atoms with E-state index in [0.29, 0.717) is 0 Å². The number of anilines is 1. The molecule has 4 nitrogen and oxygen atoms in total. The lowest BCUT2D eigenvalue weighted by atomic mass is 9.89. The van der Waals surface area contributed by atoms with Gasteiger partial charge >= 0.3 is 0 Å². The first kappa shape index (κ1) is 10.2. The van der Waals surface area contributed by atoms with Gasteiger partial charge in [-0.2, -0.15) is 5.10 Å². The van der Waals surface area contributed by atoms with Gasteiger partial charge in [-0.3, -0.25) is 9.48 Å². The zero-order chi connectivity index (χ0) is 10.7. The molecule has 82 valence electrons. The van der Waals surface area contributed by atoms with E-state index in [0.717, 1.165) is 18.5 Å². The first-order chi connectivity index (χ1) is 7.25. The molecule has 1 fully saturated rings. The lowest BCUT2D eigenvalue weighted by Gasteiger charge is -2.20. The molecule has 1 aliphatic rings. The second-order valence-electron chi connectivity index (χ2n) is 4.23. The summed E-state index contributed by atoms with van der Waals surface area (Å²) < 4.78 is 1.69. The molecule has 0 aliphatic heterocycles. The number of carbonyl (C=O) groups excluding carboxylic acids is 1. The Labute approximate surface area is 89.7 Å². The van der Waals surface area contributed by atoms with Gasteiger partial charge in [-0.15, -0.1) is 0 Å². The zero-order valence-corrected chi connectivity index (χ0v) is 9.07. The molecule has 0 bridgehead atoms. The van der Waals surface area contributed by atoms with E-state index >= 15 is 0 Å². The van der Waals surface area contributed by atoms with Crippen LogP contribution in [0.3, 0.4) is 0 Å². The fourth-order valence-electron chi connectivity index (χ4n) is 2.09. The summed E-state index contributed by atoms with van der Waals surface area (Å²) in [6.07, 6.45) is 9.21. The van der Waals surface area contributed by atoms with E-state index in [9.17, 15) is 4.79 Å². The molecule has 0 saturated heterocycles. The van der Waals surface area contributed by atoms with Crippen LogP contribution in [0.25, 0.3) is 0 Å². The lowest BCUT2D eigenvalue weighted by Crippen LogP contribution is -2.24. The van der Waals surface area contributed by atoms with Crippen LogP contribution in [-0.4, -0.2) is 15.7 Å². The molecular weight excluding hydrogens is 190 g/mol. The molecule has 1 aromatic rings. The maximum Gasteiger partial charge on any atom is 0.227 e. The standard InChI is InChI=1S/C11H17N3O/c1-14-8-10(7-12-14)13-11(15)9-5-3-2-4-6-9/h7-9H,2-6H2,1H3,(H,13,15). The van der Waals surface area contributed by atoms with Crippen LogP contribution in [0.15, 0.2) is 12.4 Å². The van der Waals surface area contributed by atoms with Gasteiger partial charge in [0, 0.05) is 19.2 Å². The van der Waals surface area contributed by atoms with Crippen LogP contribution in [0, 0.1) is 5.92 Å². The molecule has 0 atom stereocenters. The van der Waals surface area contributed by atoms with Crippen molar-refractivity contribution in [3.05, 3.63) is 12.4 Å². The van der Waals surface area contributed by atoms with E-state index in [-0.39, 0.29) is 11.8 Å². The van der Waals surface area contributed by atoms with Crippen LogP contribution in [0.2, 0.25) is 0 Å². The molecule has 4 heteroatoms. The molecular formula is C11H17N3O. The van der Waals surface area contributed by atoms with Gasteiger partial charge in [-0.05, 0) is 12.8 Å². The summed E-state index contributed by atoms with van der Waals surface area (Å²) >= 11 is 0. The number of hydrogen-bond acceptors (Lipinski definition) is 2. The molecule has 2 rings (SSSR count). The Hall–Kier alpha value is -1.32. The fourth-order valence-corrected chi connectivity index (χ4v) is 2.09. The maximum absolute atomic E-state index is 11.8. The number of amides is 1. The van der Waals surface area contributed by atoms with Gasteiger partial charge in [0.1, 0.15) is 0 Å². The second kappa shape index (κ2) is 4.47. The van der Waals surface area contributed by atoms with Crippen molar-refractivity contribution >= 4 is 11.6 Å². The van der Waals surface area contributed by atoms with E-state index in [1.807, 2.05) is 13.2 Å². The van der Waals surface area contributed by atoms with Gasteiger partial charge in [-0.25, -0.2) is 0 Å². The molecule has 0 unspecified atom stereocenters. The average molecular weight is 207 g/mol. The average Bonchev–Trinajstić information content (AvgIpc) is 2.65. The Morgan fingerprint density at radius 1 is 1.47 bits per heavy atom. The molecule has 1 amide bonds. The third-order valence-corrected chi connectivity index (χ3v) is 2.95. The normalized spacial score (nSPS) is 17.7. The Morgan fingerprint density at radius 3 is 2.80 bits per heavy atom. The van der Waals surface area contributed by atoms with E-state index < -0.39 is 0 Å². The van der Waals surface area contributed by atoms with Crippen molar-refractivity contribution in [1.82, 2.24) is 9.78 Å². The molecule has 1 aliphatic carbocycles. The summed E-state index contributed by atoms with van der Waals surface area (Å²) in [4.78, 5) is 11.8. The Morgan fingerprint density at radius 2 is 2.20 bits per heavy atom. The predicted octanol–water partition coefficient (Wildman–Crippen LogP) is 1.94. The number of carbonyl (C=O) groups is 1. The van der Waals surface area contributed by atoms with Crippen molar-refractivity contribution in [2.45, 2.75) is 32.1 Å². The van der Waals surface area contributed by atoms with E-state index in [1.54, 1.807) is 10.9 Å². The topological polar surface area (TPSA) is 46.9 Å².